The van der Waals surface area contributed by atoms with Gasteiger partial charge in [0.25, 0.3) is 0 Å². The molecule has 1 aliphatic rings. The van der Waals surface area contributed by atoms with Gasteiger partial charge < -0.3 is 44.0 Å². The molecule has 0 aliphatic carbocycles. The predicted octanol–water partition coefficient (Wildman–Crippen LogP) is 7.18. The molecule has 14 heteroatoms. The Hall–Kier alpha value is -6.22. The van der Waals surface area contributed by atoms with Gasteiger partial charge in [-0.05, 0) is 125 Å². The summed E-state index contributed by atoms with van der Waals surface area (Å²) in [7, 11) is 0. The van der Waals surface area contributed by atoms with Gasteiger partial charge in [0.1, 0.15) is 57.9 Å². The maximum absolute atomic E-state index is 13.2. The van der Waals surface area contributed by atoms with Crippen LogP contribution in [0.15, 0.2) is 33.5 Å². The van der Waals surface area contributed by atoms with Crippen LogP contribution >= 0.6 is 0 Å². The molecule has 14 nitrogen and oxygen atoms in total. The van der Waals surface area contributed by atoms with Gasteiger partial charge in [0.15, 0.2) is 18.0 Å². The third-order valence-corrected chi connectivity index (χ3v) is 11.3. The third-order valence-electron chi connectivity index (χ3n) is 11.3. The molecule has 0 radical (unpaired) electrons. The number of aromatic hydroxyl groups is 4. The molecule has 5 aromatic rings. The highest BCUT2D eigenvalue weighted by atomic mass is 16.7. The minimum absolute atomic E-state index is 0. The zero-order valence-corrected chi connectivity index (χ0v) is 34.1. The average molecular weight is 813 g/mol. The van der Waals surface area contributed by atoms with Crippen molar-refractivity contribution in [2.45, 2.75) is 88.9 Å². The zero-order valence-electron chi connectivity index (χ0n) is 34.1. The summed E-state index contributed by atoms with van der Waals surface area (Å²) in [6.45, 7) is 19.6. The maximum Gasteiger partial charge on any atom is 0.241 e. The Labute approximate surface area is 342 Å². The number of phenols is 4. The number of benzene rings is 4. The van der Waals surface area contributed by atoms with E-state index in [0.717, 1.165) is 73.3 Å². The second-order valence-electron chi connectivity index (χ2n) is 14.4. The van der Waals surface area contributed by atoms with E-state index in [9.17, 15) is 39.6 Å². The van der Waals surface area contributed by atoms with Crippen molar-refractivity contribution in [2.75, 3.05) is 13.1 Å². The van der Waals surface area contributed by atoms with E-state index in [-0.39, 0.29) is 65.8 Å². The molecule has 59 heavy (non-hydrogen) atoms. The molecule has 0 saturated heterocycles. The van der Waals surface area contributed by atoms with E-state index in [4.69, 9.17) is 18.8 Å². The molecule has 4 aromatic carbocycles. The monoisotopic (exact) mass is 812 g/mol. The van der Waals surface area contributed by atoms with E-state index in [0.29, 0.717) is 18.1 Å². The van der Waals surface area contributed by atoms with Crippen LogP contribution in [0.4, 0.5) is 0 Å². The number of aldehydes is 2. The second-order valence-corrected chi connectivity index (χ2v) is 14.4. The number of fused-ring (bicyclic) bond motifs is 2. The van der Waals surface area contributed by atoms with Crippen molar-refractivity contribution >= 4 is 29.3 Å². The topological polar surface area (TPSA) is 214 Å². The lowest BCUT2D eigenvalue weighted by Gasteiger charge is -2.35. The van der Waals surface area contributed by atoms with Gasteiger partial charge in [-0.2, -0.15) is 5.48 Å². The molecule has 0 fully saturated rings. The van der Waals surface area contributed by atoms with Crippen molar-refractivity contribution in [2.24, 2.45) is 0 Å². The summed E-state index contributed by atoms with van der Waals surface area (Å²) < 4.78 is 12.1. The first-order chi connectivity index (χ1) is 27.4. The molecule has 6 rings (SSSR count). The van der Waals surface area contributed by atoms with Gasteiger partial charge in [-0.25, -0.2) is 0 Å². The summed E-state index contributed by atoms with van der Waals surface area (Å²) in [6, 6.07) is 4.69. The molecule has 0 amide bonds. The van der Waals surface area contributed by atoms with Crippen LogP contribution in [-0.4, -0.2) is 58.0 Å². The number of rotatable bonds is 10. The van der Waals surface area contributed by atoms with Gasteiger partial charge in [-0.3, -0.25) is 14.4 Å². The van der Waals surface area contributed by atoms with Crippen LogP contribution in [0.2, 0.25) is 0 Å². The van der Waals surface area contributed by atoms with Gasteiger partial charge in [-0.15, -0.1) is 5.48 Å². The number of hydrogen-bond acceptors (Lipinski definition) is 14. The molecule has 6 N–H and O–H groups in total. The number of hydrogen-bond donors (Lipinski definition) is 6. The van der Waals surface area contributed by atoms with E-state index < -0.39 is 34.9 Å². The van der Waals surface area contributed by atoms with Crippen molar-refractivity contribution in [3.63, 3.8) is 0 Å². The molecule has 0 spiro atoms. The van der Waals surface area contributed by atoms with Crippen LogP contribution in [0, 0.1) is 69.2 Å². The minimum atomic E-state index is -1.13. The molecule has 314 valence electrons. The molecule has 2 heterocycles. The number of phenolic OH excluding ortho intramolecular Hbond substituents is 4. The molecular formula is C45H52N2O12. The van der Waals surface area contributed by atoms with Gasteiger partial charge in [0, 0.05) is 35.4 Å². The summed E-state index contributed by atoms with van der Waals surface area (Å²) in [4.78, 5) is 58.7. The summed E-state index contributed by atoms with van der Waals surface area (Å²) in [6.07, 6.45) is -0.747. The fourth-order valence-electron chi connectivity index (χ4n) is 7.37. The first kappa shape index (κ1) is 45.5. The smallest absolute Gasteiger partial charge is 0.241 e. The number of ether oxygens (including phenoxy) is 1. The largest absolute Gasteiger partial charge is 0.508 e. The lowest BCUT2D eigenvalue weighted by Crippen LogP contribution is -2.42. The van der Waals surface area contributed by atoms with Gasteiger partial charge in [0.05, 0.1) is 13.1 Å². The lowest BCUT2D eigenvalue weighted by atomic mass is 9.83. The average Bonchev–Trinajstić information content (AvgIpc) is 3.16. The Bertz CT molecular complexity index is 2480. The SMILES string of the molecule is C.Cc1c(C)c(C)c(-c2oc3cc(O)cc(O)c3c(=O)c2ONCC=O)c(C)c1C.Cc1c(C)c(C)c(C2Oc3cc(O)cc(O)c3C(=O)C2ONCC=O)c(C)c1C. The van der Waals surface area contributed by atoms with Crippen molar-refractivity contribution < 1.29 is 53.6 Å². The van der Waals surface area contributed by atoms with Crippen molar-refractivity contribution in [1.29, 1.82) is 0 Å². The number of carbonyl (C=O) groups is 3. The highest BCUT2D eigenvalue weighted by Gasteiger charge is 2.43. The summed E-state index contributed by atoms with van der Waals surface area (Å²) in [5.74, 6) is -1.69. The summed E-state index contributed by atoms with van der Waals surface area (Å²) >= 11 is 0. The lowest BCUT2D eigenvalue weighted by molar-refractivity contribution is -0.113. The Balaban J connectivity index is 0.000000256. The zero-order chi connectivity index (χ0) is 42.9. The van der Waals surface area contributed by atoms with E-state index >= 15 is 0 Å². The van der Waals surface area contributed by atoms with Crippen molar-refractivity contribution in [3.05, 3.63) is 101 Å². The normalized spacial score (nSPS) is 14.4. The van der Waals surface area contributed by atoms with E-state index in [2.05, 4.69) is 11.0 Å². The van der Waals surface area contributed by atoms with Crippen LogP contribution < -0.4 is 26.0 Å². The molecule has 0 bridgehead atoms. The van der Waals surface area contributed by atoms with Gasteiger partial charge >= 0.3 is 0 Å². The van der Waals surface area contributed by atoms with E-state index in [1.54, 1.807) is 0 Å². The Morgan fingerprint density at radius 2 is 1.14 bits per heavy atom. The highest BCUT2D eigenvalue weighted by molar-refractivity contribution is 6.06. The Morgan fingerprint density at radius 1 is 0.644 bits per heavy atom. The van der Waals surface area contributed by atoms with Crippen LogP contribution in [0.3, 0.4) is 0 Å². The summed E-state index contributed by atoms with van der Waals surface area (Å²) in [5, 5.41) is 39.9. The van der Waals surface area contributed by atoms with Gasteiger partial charge in [0.2, 0.25) is 17.0 Å². The maximum atomic E-state index is 13.2. The predicted molar refractivity (Wildman–Crippen MR) is 223 cm³/mol. The van der Waals surface area contributed by atoms with Crippen LogP contribution in [0.1, 0.15) is 85.1 Å². The summed E-state index contributed by atoms with van der Waals surface area (Å²) in [5.41, 5.74) is 16.1. The number of Topliss-reactive ketones (excluding diaryl/α,β-unsaturated/α-hetero) is 1. The molecule has 1 aliphatic heterocycles. The molecule has 0 saturated carbocycles. The fraction of sp³-hybridized carbons (Fsp3) is 0.333. The van der Waals surface area contributed by atoms with Crippen LogP contribution in [-0.2, 0) is 14.4 Å². The minimum Gasteiger partial charge on any atom is -0.508 e. The van der Waals surface area contributed by atoms with E-state index in [1.165, 1.54) is 12.1 Å². The Morgan fingerprint density at radius 3 is 1.69 bits per heavy atom. The quantitative estimate of drug-likeness (QED) is 0.0469. The molecular weight excluding hydrogens is 760 g/mol. The first-order valence-corrected chi connectivity index (χ1v) is 18.5. The standard InChI is InChI=1S/C22H25NO6.C22H23NO6.CH4/c2*1-10-11(2)13(4)18(14(5)12(10)3)21-22(29-23-6-7-24)20(27)19-16(26)8-15(25)9-17(19)28-21;/h7-9,21-23,25-26H,6H2,1-5H3;7-9,23,25-26H,6H2,1-5H3;1H4. The number of ketones is 1. The first-order valence-electron chi connectivity index (χ1n) is 18.5. The second kappa shape index (κ2) is 18.1. The van der Waals surface area contributed by atoms with Crippen molar-refractivity contribution in [1.82, 2.24) is 11.0 Å². The number of hydroxylamine groups is 2. The van der Waals surface area contributed by atoms with Crippen LogP contribution in [0.25, 0.3) is 22.3 Å². The highest BCUT2D eigenvalue weighted by Crippen LogP contribution is 2.45. The Kier molecular flexibility index (Phi) is 14.0. The number of carbonyl (C=O) groups excluding carboxylic acids is 3. The van der Waals surface area contributed by atoms with E-state index in [1.807, 2.05) is 69.2 Å². The van der Waals surface area contributed by atoms with Gasteiger partial charge in [-0.1, -0.05) is 7.43 Å². The molecule has 1 aromatic heterocycles. The van der Waals surface area contributed by atoms with Crippen LogP contribution in [0.5, 0.6) is 34.5 Å². The third kappa shape index (κ3) is 8.37. The number of nitrogens with one attached hydrogen (secondary N) is 2. The molecule has 2 unspecified atom stereocenters. The fourth-order valence-corrected chi connectivity index (χ4v) is 7.37. The van der Waals surface area contributed by atoms with Crippen molar-refractivity contribution in [3.8, 4) is 45.8 Å². The molecule has 2 atom stereocenters.